The van der Waals surface area contributed by atoms with Crippen LogP contribution >= 0.6 is 0 Å². The van der Waals surface area contributed by atoms with Gasteiger partial charge in [-0.05, 0) is 44.7 Å². The SMILES string of the molecule is CCCC[Si](C)(C)O[Si](C)(C)O[Si](O[Si])O[Si]CCCOCCO. The van der Waals surface area contributed by atoms with Gasteiger partial charge in [-0.15, -0.1) is 0 Å². The highest BCUT2D eigenvalue weighted by molar-refractivity contribution is 6.84. The zero-order chi connectivity index (χ0) is 18.5. The van der Waals surface area contributed by atoms with E-state index in [9.17, 15) is 0 Å². The minimum absolute atomic E-state index is 0.0641. The maximum absolute atomic E-state index is 8.62. The molecular formula is C13H32O6Si5. The predicted octanol–water partition coefficient (Wildman–Crippen LogP) is 2.26. The number of aliphatic hydroxyl groups excluding tert-OH is 1. The van der Waals surface area contributed by atoms with Crippen molar-refractivity contribution >= 4 is 46.7 Å². The van der Waals surface area contributed by atoms with Crippen LogP contribution in [-0.4, -0.2) is 71.6 Å². The Balaban J connectivity index is 4.09. The highest BCUT2D eigenvalue weighted by atomic mass is 28.5. The Morgan fingerprint density at radius 3 is 2.42 bits per heavy atom. The van der Waals surface area contributed by atoms with Gasteiger partial charge in [-0.2, -0.15) is 0 Å². The number of ether oxygens (including phenoxy) is 1. The summed E-state index contributed by atoms with van der Waals surface area (Å²) in [5.41, 5.74) is 0. The molecule has 0 aliphatic heterocycles. The number of rotatable bonds is 16. The van der Waals surface area contributed by atoms with Crippen LogP contribution in [-0.2, 0) is 21.2 Å². The van der Waals surface area contributed by atoms with Crippen LogP contribution in [0.5, 0.6) is 0 Å². The van der Waals surface area contributed by atoms with Crippen LogP contribution < -0.4 is 0 Å². The van der Waals surface area contributed by atoms with Gasteiger partial charge in [0.25, 0.3) is 0 Å². The molecule has 140 valence electrons. The Labute approximate surface area is 157 Å². The fraction of sp³-hybridized carbons (Fsp3) is 1.00. The molecule has 6 radical (unpaired) electrons. The first-order chi connectivity index (χ1) is 11.3. The third-order valence-corrected chi connectivity index (χ3v) is 13.9. The first-order valence-corrected chi connectivity index (χ1v) is 17.1. The fourth-order valence-corrected chi connectivity index (χ4v) is 14.0. The monoisotopic (exact) mass is 424 g/mol. The quantitative estimate of drug-likeness (QED) is 0.303. The van der Waals surface area contributed by atoms with Crippen molar-refractivity contribution in [3.63, 3.8) is 0 Å². The van der Waals surface area contributed by atoms with Gasteiger partial charge in [0.1, 0.15) is 0 Å². The first-order valence-electron chi connectivity index (χ1n) is 8.44. The van der Waals surface area contributed by atoms with E-state index in [-0.39, 0.29) is 6.61 Å². The van der Waals surface area contributed by atoms with Crippen molar-refractivity contribution in [3.8, 4) is 0 Å². The third-order valence-electron chi connectivity index (χ3n) is 3.03. The average molecular weight is 425 g/mol. The van der Waals surface area contributed by atoms with E-state index in [0.29, 0.717) is 23.0 Å². The van der Waals surface area contributed by atoms with Gasteiger partial charge in [-0.1, -0.05) is 19.8 Å². The lowest BCUT2D eigenvalue weighted by Gasteiger charge is -2.34. The second-order valence-electron chi connectivity index (χ2n) is 6.51. The third kappa shape index (κ3) is 14.1. The molecule has 0 aromatic rings. The van der Waals surface area contributed by atoms with Crippen molar-refractivity contribution in [2.75, 3.05) is 19.8 Å². The van der Waals surface area contributed by atoms with Gasteiger partial charge < -0.3 is 26.3 Å². The zero-order valence-corrected chi connectivity index (χ0v) is 20.6. The summed E-state index contributed by atoms with van der Waals surface area (Å²) in [5.74, 6) is 0. The van der Waals surface area contributed by atoms with Crippen LogP contribution in [0.15, 0.2) is 0 Å². The van der Waals surface area contributed by atoms with E-state index >= 15 is 0 Å². The molecule has 1 N–H and O–H groups in total. The maximum atomic E-state index is 8.62. The summed E-state index contributed by atoms with van der Waals surface area (Å²) in [4.78, 5) is 0. The smallest absolute Gasteiger partial charge is 0.436 e. The summed E-state index contributed by atoms with van der Waals surface area (Å²) in [6.07, 6.45) is 3.28. The lowest BCUT2D eigenvalue weighted by atomic mass is 10.4. The van der Waals surface area contributed by atoms with E-state index in [1.807, 2.05) is 0 Å². The summed E-state index contributed by atoms with van der Waals surface area (Å²) in [5, 5.41) is 8.62. The number of unbranched alkanes of at least 4 members (excludes halogenated alkanes) is 1. The molecule has 0 heterocycles. The molecule has 0 aromatic carbocycles. The summed E-state index contributed by atoms with van der Waals surface area (Å²) in [6.45, 7) is 11.9. The lowest BCUT2D eigenvalue weighted by Crippen LogP contribution is -2.50. The van der Waals surface area contributed by atoms with Crippen molar-refractivity contribution in [2.45, 2.75) is 64.5 Å². The molecular weight excluding hydrogens is 393 g/mol. The van der Waals surface area contributed by atoms with Gasteiger partial charge >= 0.3 is 18.1 Å². The molecule has 0 bridgehead atoms. The average Bonchev–Trinajstić information content (AvgIpc) is 2.49. The second kappa shape index (κ2) is 14.0. The Kier molecular flexibility index (Phi) is 14.5. The Hall–Kier alpha value is 0.844. The second-order valence-corrected chi connectivity index (χ2v) is 17.9. The fourth-order valence-electron chi connectivity index (χ4n) is 2.13. The molecule has 0 atom stereocenters. The van der Waals surface area contributed by atoms with Gasteiger partial charge in [0.2, 0.25) is 20.2 Å². The molecule has 6 nitrogen and oxygen atoms in total. The minimum atomic E-state index is -2.28. The highest BCUT2D eigenvalue weighted by Crippen LogP contribution is 2.22. The largest absolute Gasteiger partial charge is 0.545 e. The Morgan fingerprint density at radius 1 is 1.12 bits per heavy atom. The molecule has 24 heavy (non-hydrogen) atoms. The lowest BCUT2D eigenvalue weighted by molar-refractivity contribution is 0.0926. The van der Waals surface area contributed by atoms with Gasteiger partial charge in [-0.3, -0.25) is 0 Å². The van der Waals surface area contributed by atoms with Crippen LogP contribution in [0.4, 0.5) is 0 Å². The molecule has 0 rings (SSSR count). The minimum Gasteiger partial charge on any atom is -0.436 e. The normalized spacial score (nSPS) is 13.0. The molecule has 0 aliphatic carbocycles. The number of hydrogen-bond acceptors (Lipinski definition) is 6. The molecule has 0 amide bonds. The maximum Gasteiger partial charge on any atom is 0.545 e. The van der Waals surface area contributed by atoms with Crippen LogP contribution in [0.1, 0.15) is 26.2 Å². The van der Waals surface area contributed by atoms with Gasteiger partial charge in [0.15, 0.2) is 8.32 Å². The zero-order valence-electron chi connectivity index (χ0n) is 15.6. The molecule has 0 unspecified atom stereocenters. The molecule has 0 saturated heterocycles. The number of hydrogen-bond donors (Lipinski definition) is 1. The van der Waals surface area contributed by atoms with Crippen molar-refractivity contribution in [2.24, 2.45) is 0 Å². The Morgan fingerprint density at radius 2 is 1.83 bits per heavy atom. The van der Waals surface area contributed by atoms with E-state index < -0.39 is 26.4 Å². The van der Waals surface area contributed by atoms with E-state index in [2.05, 4.69) is 43.6 Å². The van der Waals surface area contributed by atoms with Crippen LogP contribution in [0.3, 0.4) is 0 Å². The molecule has 0 aliphatic rings. The molecule has 0 fully saturated rings. The van der Waals surface area contributed by atoms with Crippen molar-refractivity contribution < 1.29 is 26.3 Å². The van der Waals surface area contributed by atoms with Gasteiger partial charge in [-0.25, -0.2) is 0 Å². The molecule has 0 spiro atoms. The predicted molar refractivity (Wildman–Crippen MR) is 104 cm³/mol. The summed E-state index contributed by atoms with van der Waals surface area (Å²) in [6, 6.07) is 2.04. The van der Waals surface area contributed by atoms with Crippen molar-refractivity contribution in [1.29, 1.82) is 0 Å². The van der Waals surface area contributed by atoms with Crippen LogP contribution in [0, 0.1) is 0 Å². The molecule has 11 heteroatoms. The topological polar surface area (TPSA) is 66.4 Å². The summed E-state index contributed by atoms with van der Waals surface area (Å²) in [7, 11) is -2.44. The van der Waals surface area contributed by atoms with Gasteiger partial charge in [0, 0.05) is 6.61 Å². The summed E-state index contributed by atoms with van der Waals surface area (Å²) < 4.78 is 28.6. The molecule has 0 aromatic heterocycles. The van der Waals surface area contributed by atoms with Crippen molar-refractivity contribution in [3.05, 3.63) is 0 Å². The highest BCUT2D eigenvalue weighted by Gasteiger charge is 2.38. The standard InChI is InChI=1S/C13H32O6Si5/c1-6-7-13-23(2,3)19-24(4,5)18-22(16-20)17-21-12-8-10-15-11-9-14/h14H,6-13H2,1-5H3. The van der Waals surface area contributed by atoms with Gasteiger partial charge in [0.05, 0.1) is 13.2 Å². The molecule has 0 saturated carbocycles. The summed E-state index contributed by atoms with van der Waals surface area (Å²) >= 11 is 0. The van der Waals surface area contributed by atoms with Crippen molar-refractivity contribution in [1.82, 2.24) is 0 Å². The van der Waals surface area contributed by atoms with E-state index in [0.717, 1.165) is 18.5 Å². The van der Waals surface area contributed by atoms with E-state index in [4.69, 9.17) is 26.3 Å². The number of aliphatic hydroxyl groups is 1. The van der Waals surface area contributed by atoms with E-state index in [1.54, 1.807) is 0 Å². The van der Waals surface area contributed by atoms with Crippen LogP contribution in [0.2, 0.25) is 38.3 Å². The Bertz CT molecular complexity index is 309. The first kappa shape index (κ1) is 24.8. The van der Waals surface area contributed by atoms with Crippen LogP contribution in [0.25, 0.3) is 0 Å². The van der Waals surface area contributed by atoms with E-state index in [1.165, 1.54) is 12.8 Å².